The number of carboxylic acid groups (broad SMARTS) is 1. The van der Waals surface area contributed by atoms with Crippen molar-refractivity contribution in [2.24, 2.45) is 5.41 Å². The molecule has 1 N–H and O–H groups in total. The molecule has 0 spiro atoms. The van der Waals surface area contributed by atoms with Crippen molar-refractivity contribution in [3.8, 4) is 0 Å². The minimum Gasteiger partial charge on any atom is -0.481 e. The van der Waals surface area contributed by atoms with Crippen LogP contribution < -0.4 is 0 Å². The second-order valence-electron chi connectivity index (χ2n) is 4.85. The van der Waals surface area contributed by atoms with Crippen LogP contribution in [0.2, 0.25) is 0 Å². The molecule has 0 bridgehead atoms. The summed E-state index contributed by atoms with van der Waals surface area (Å²) in [7, 11) is 0. The van der Waals surface area contributed by atoms with E-state index in [0.29, 0.717) is 0 Å². The van der Waals surface area contributed by atoms with Crippen LogP contribution >= 0.6 is 0 Å². The minimum atomic E-state index is -0.724. The fourth-order valence-corrected chi connectivity index (χ4v) is 2.38. The molecule has 2 nitrogen and oxygen atoms in total. The second kappa shape index (κ2) is 5.21. The molecule has 0 aliphatic heterocycles. The fourth-order valence-electron chi connectivity index (χ4n) is 2.38. The number of allylic oxidation sites excluding steroid dienone is 4. The lowest BCUT2D eigenvalue weighted by Gasteiger charge is -2.29. The smallest absolute Gasteiger partial charge is 0.304 e. The van der Waals surface area contributed by atoms with Gasteiger partial charge in [0.15, 0.2) is 0 Å². The van der Waals surface area contributed by atoms with Crippen molar-refractivity contribution in [2.45, 2.75) is 26.2 Å². The molecule has 18 heavy (non-hydrogen) atoms. The third kappa shape index (κ3) is 2.70. The Morgan fingerprint density at radius 1 is 1.33 bits per heavy atom. The van der Waals surface area contributed by atoms with E-state index in [1.807, 2.05) is 18.2 Å². The van der Waals surface area contributed by atoms with Crippen molar-refractivity contribution >= 4 is 11.5 Å². The molecular formula is C16H18O2. The molecule has 0 fully saturated rings. The summed E-state index contributed by atoms with van der Waals surface area (Å²) in [6, 6.07) is 10.2. The molecule has 94 valence electrons. The standard InChI is InChI=1S/C16H18O2/c1-2-16(12-15(17)18)10-8-14(9-11-16)13-6-4-3-5-7-13/h3-10H,2,11-12H2,1H3,(H,17,18). The fraction of sp³-hybridized carbons (Fsp3) is 0.312. The molecule has 0 saturated carbocycles. The first-order valence-electron chi connectivity index (χ1n) is 6.32. The van der Waals surface area contributed by atoms with Crippen LogP contribution in [0.25, 0.3) is 5.57 Å². The molecule has 0 saturated heterocycles. The Hall–Kier alpha value is -1.83. The van der Waals surface area contributed by atoms with Crippen LogP contribution in [0.1, 0.15) is 31.7 Å². The van der Waals surface area contributed by atoms with Gasteiger partial charge in [0.2, 0.25) is 0 Å². The molecule has 0 heterocycles. The lowest BCUT2D eigenvalue weighted by atomic mass is 9.74. The van der Waals surface area contributed by atoms with Crippen LogP contribution in [0.15, 0.2) is 48.6 Å². The van der Waals surface area contributed by atoms with E-state index in [0.717, 1.165) is 12.8 Å². The highest BCUT2D eigenvalue weighted by molar-refractivity contribution is 5.76. The first kappa shape index (κ1) is 12.6. The monoisotopic (exact) mass is 242 g/mol. The lowest BCUT2D eigenvalue weighted by Crippen LogP contribution is -2.22. The van der Waals surface area contributed by atoms with Crippen molar-refractivity contribution in [1.82, 2.24) is 0 Å². The van der Waals surface area contributed by atoms with Crippen molar-refractivity contribution in [2.75, 3.05) is 0 Å². The molecule has 0 aromatic heterocycles. The molecule has 2 rings (SSSR count). The third-order valence-corrected chi connectivity index (χ3v) is 3.66. The molecule has 1 unspecified atom stereocenters. The number of carboxylic acids is 1. The van der Waals surface area contributed by atoms with Crippen LogP contribution in [0.3, 0.4) is 0 Å². The van der Waals surface area contributed by atoms with E-state index in [1.165, 1.54) is 11.1 Å². The zero-order valence-electron chi connectivity index (χ0n) is 10.6. The van der Waals surface area contributed by atoms with E-state index < -0.39 is 5.97 Å². The third-order valence-electron chi connectivity index (χ3n) is 3.66. The number of aliphatic carboxylic acids is 1. The van der Waals surface area contributed by atoms with Gasteiger partial charge in [-0.1, -0.05) is 55.5 Å². The quantitative estimate of drug-likeness (QED) is 0.869. The van der Waals surface area contributed by atoms with Crippen molar-refractivity contribution in [3.05, 3.63) is 54.1 Å². The minimum absolute atomic E-state index is 0.204. The summed E-state index contributed by atoms with van der Waals surface area (Å²) in [5.41, 5.74) is 2.17. The van der Waals surface area contributed by atoms with Gasteiger partial charge >= 0.3 is 5.97 Å². The predicted molar refractivity (Wildman–Crippen MR) is 73.2 cm³/mol. The molecule has 1 aliphatic rings. The van der Waals surface area contributed by atoms with Crippen LogP contribution in [-0.2, 0) is 4.79 Å². The largest absolute Gasteiger partial charge is 0.481 e. The molecule has 2 heteroatoms. The Kier molecular flexibility index (Phi) is 3.66. The van der Waals surface area contributed by atoms with Gasteiger partial charge in [-0.3, -0.25) is 4.79 Å². The molecule has 1 aromatic carbocycles. The average Bonchev–Trinajstić information content (AvgIpc) is 2.40. The molecule has 1 aromatic rings. The summed E-state index contributed by atoms with van der Waals surface area (Å²) in [6.07, 6.45) is 8.15. The summed E-state index contributed by atoms with van der Waals surface area (Å²) in [5.74, 6) is -0.724. The highest BCUT2D eigenvalue weighted by atomic mass is 16.4. The number of carbonyl (C=O) groups is 1. The van der Waals surface area contributed by atoms with Gasteiger partial charge in [0.1, 0.15) is 0 Å². The Morgan fingerprint density at radius 2 is 2.06 bits per heavy atom. The van der Waals surface area contributed by atoms with Crippen molar-refractivity contribution < 1.29 is 9.90 Å². The first-order valence-corrected chi connectivity index (χ1v) is 6.32. The topological polar surface area (TPSA) is 37.3 Å². The molecule has 0 radical (unpaired) electrons. The highest BCUT2D eigenvalue weighted by Crippen LogP contribution is 2.38. The van der Waals surface area contributed by atoms with E-state index in [2.05, 4.69) is 37.3 Å². The van der Waals surface area contributed by atoms with Crippen LogP contribution in [0.5, 0.6) is 0 Å². The van der Waals surface area contributed by atoms with Gasteiger partial charge in [-0.25, -0.2) is 0 Å². The first-order chi connectivity index (χ1) is 8.65. The number of rotatable bonds is 4. The van der Waals surface area contributed by atoms with Crippen LogP contribution in [0.4, 0.5) is 0 Å². The van der Waals surface area contributed by atoms with Gasteiger partial charge in [0, 0.05) is 5.41 Å². The van der Waals surface area contributed by atoms with Gasteiger partial charge in [0.25, 0.3) is 0 Å². The average molecular weight is 242 g/mol. The Bertz CT molecular complexity index is 485. The zero-order valence-corrected chi connectivity index (χ0v) is 10.6. The van der Waals surface area contributed by atoms with Crippen LogP contribution in [0, 0.1) is 5.41 Å². The van der Waals surface area contributed by atoms with E-state index in [4.69, 9.17) is 5.11 Å². The normalized spacial score (nSPS) is 22.6. The van der Waals surface area contributed by atoms with Gasteiger partial charge in [0.05, 0.1) is 6.42 Å². The number of hydrogen-bond acceptors (Lipinski definition) is 1. The molecule has 1 atom stereocenters. The summed E-state index contributed by atoms with van der Waals surface area (Å²) >= 11 is 0. The maximum Gasteiger partial charge on any atom is 0.304 e. The Labute approximate surface area is 108 Å². The SMILES string of the molecule is CCC1(CC(=O)O)C=CC(c2ccccc2)=CC1. The number of benzene rings is 1. The van der Waals surface area contributed by atoms with Gasteiger partial charge < -0.3 is 5.11 Å². The van der Waals surface area contributed by atoms with E-state index in [1.54, 1.807) is 0 Å². The van der Waals surface area contributed by atoms with Gasteiger partial charge in [-0.2, -0.15) is 0 Å². The molecule has 0 amide bonds. The van der Waals surface area contributed by atoms with E-state index in [9.17, 15) is 4.79 Å². The van der Waals surface area contributed by atoms with Crippen molar-refractivity contribution in [3.63, 3.8) is 0 Å². The number of hydrogen-bond donors (Lipinski definition) is 1. The Balaban J connectivity index is 2.17. The van der Waals surface area contributed by atoms with E-state index >= 15 is 0 Å². The van der Waals surface area contributed by atoms with Gasteiger partial charge in [-0.05, 0) is 24.0 Å². The van der Waals surface area contributed by atoms with Crippen molar-refractivity contribution in [1.29, 1.82) is 0 Å². The zero-order chi connectivity index (χ0) is 13.0. The highest BCUT2D eigenvalue weighted by Gasteiger charge is 2.29. The summed E-state index contributed by atoms with van der Waals surface area (Å²) in [6.45, 7) is 2.05. The maximum absolute atomic E-state index is 10.9. The van der Waals surface area contributed by atoms with E-state index in [-0.39, 0.29) is 11.8 Å². The molecular weight excluding hydrogens is 224 g/mol. The van der Waals surface area contributed by atoms with Gasteiger partial charge in [-0.15, -0.1) is 0 Å². The van der Waals surface area contributed by atoms with Crippen LogP contribution in [-0.4, -0.2) is 11.1 Å². The lowest BCUT2D eigenvalue weighted by molar-refractivity contribution is -0.139. The summed E-state index contributed by atoms with van der Waals surface area (Å²) < 4.78 is 0. The summed E-state index contributed by atoms with van der Waals surface area (Å²) in [4.78, 5) is 10.9. The Morgan fingerprint density at radius 3 is 2.56 bits per heavy atom. The predicted octanol–water partition coefficient (Wildman–Crippen LogP) is 3.90. The summed E-state index contributed by atoms with van der Waals surface area (Å²) in [5, 5.41) is 8.99. The maximum atomic E-state index is 10.9. The molecule has 1 aliphatic carbocycles. The second-order valence-corrected chi connectivity index (χ2v) is 4.85.